The third-order valence-corrected chi connectivity index (χ3v) is 8.30. The van der Waals surface area contributed by atoms with Crippen molar-refractivity contribution >= 4 is 38.9 Å². The van der Waals surface area contributed by atoms with Crippen molar-refractivity contribution in [2.75, 3.05) is 9.80 Å². The van der Waals surface area contributed by atoms with Crippen LogP contribution in [-0.2, 0) is 33.0 Å². The number of rotatable bonds is 6. The summed E-state index contributed by atoms with van der Waals surface area (Å²) in [5.41, 5.74) is 7.13. The number of para-hydroxylation sites is 3. The topological polar surface area (TPSA) is 46.4 Å². The molecule has 236 valence electrons. The van der Waals surface area contributed by atoms with E-state index >= 15 is 0 Å². The van der Waals surface area contributed by atoms with Crippen molar-refractivity contribution in [3.63, 3.8) is 0 Å². The molecule has 6 nitrogen and oxygen atoms in total. The molecule has 8 rings (SSSR count). The Morgan fingerprint density at radius 2 is 1.47 bits per heavy atom. The summed E-state index contributed by atoms with van der Waals surface area (Å²) in [6.07, 6.45) is 1.83. The average Bonchev–Trinajstić information content (AvgIpc) is 3.60. The summed E-state index contributed by atoms with van der Waals surface area (Å²) in [4.78, 5) is 14.1. The second-order valence-corrected chi connectivity index (χ2v) is 12.5. The van der Waals surface area contributed by atoms with E-state index in [0.29, 0.717) is 17.4 Å². The molecule has 0 radical (unpaired) electrons. The van der Waals surface area contributed by atoms with E-state index in [1.165, 1.54) is 5.56 Å². The molecule has 7 heteroatoms. The van der Waals surface area contributed by atoms with Crippen molar-refractivity contribution in [1.29, 1.82) is 0 Å². The van der Waals surface area contributed by atoms with Crippen molar-refractivity contribution in [3.8, 4) is 17.4 Å². The van der Waals surface area contributed by atoms with E-state index in [2.05, 4.69) is 138 Å². The summed E-state index contributed by atoms with van der Waals surface area (Å²) in [6, 6.07) is 46.3. The van der Waals surface area contributed by atoms with Gasteiger partial charge < -0.3 is 19.1 Å². The molecule has 0 saturated carbocycles. The third-order valence-electron chi connectivity index (χ3n) is 8.30. The molecule has 2 aromatic heterocycles. The van der Waals surface area contributed by atoms with E-state index in [-0.39, 0.29) is 26.5 Å². The van der Waals surface area contributed by atoms with Crippen LogP contribution in [0.2, 0.25) is 0 Å². The Morgan fingerprint density at radius 1 is 0.723 bits per heavy atom. The van der Waals surface area contributed by atoms with Gasteiger partial charge >= 0.3 is 0 Å². The molecular formula is C40H32N5OPt-3. The standard InChI is InChI=1S/C40H32N5O.Pt/c1-40(2,3)38-22-23-41-39(42-38)45-34-17-8-7-16-32(34)33-21-20-31(25-37(33)45)46-30-15-11-14-29(24-30)44-27-43(26-28-12-5-4-6-13-28)35-18-9-10-19-36(35)44;/h4-23,27H,26H2,1-3H3;/q-3;. The summed E-state index contributed by atoms with van der Waals surface area (Å²) in [5, 5.41) is 2.18. The van der Waals surface area contributed by atoms with Gasteiger partial charge in [0.2, 0.25) is 5.95 Å². The van der Waals surface area contributed by atoms with E-state index < -0.39 is 0 Å². The first-order chi connectivity index (χ1) is 22.4. The van der Waals surface area contributed by atoms with E-state index in [1.54, 1.807) is 0 Å². The number of hydrogen-bond donors (Lipinski definition) is 0. The van der Waals surface area contributed by atoms with Crippen LogP contribution in [-0.4, -0.2) is 14.5 Å². The minimum Gasteiger partial charge on any atom is -0.509 e. The van der Waals surface area contributed by atoms with Gasteiger partial charge in [-0.3, -0.25) is 0 Å². The number of nitrogens with zero attached hydrogens (tertiary/aromatic N) is 5. The van der Waals surface area contributed by atoms with Gasteiger partial charge in [-0.05, 0) is 35.2 Å². The zero-order chi connectivity index (χ0) is 31.3. The smallest absolute Gasteiger partial charge is 0.232 e. The summed E-state index contributed by atoms with van der Waals surface area (Å²) < 4.78 is 8.52. The van der Waals surface area contributed by atoms with E-state index in [1.807, 2.05) is 42.6 Å². The number of hydrogen-bond acceptors (Lipinski definition) is 5. The average molecular weight is 794 g/mol. The molecule has 0 fully saturated rings. The van der Waals surface area contributed by atoms with E-state index in [0.717, 1.165) is 51.1 Å². The van der Waals surface area contributed by atoms with Crippen LogP contribution in [0, 0.1) is 18.8 Å². The largest absolute Gasteiger partial charge is 0.509 e. The van der Waals surface area contributed by atoms with Gasteiger partial charge in [0, 0.05) is 67.6 Å². The number of ether oxygens (including phenoxy) is 1. The first-order valence-corrected chi connectivity index (χ1v) is 15.5. The number of benzene rings is 5. The molecule has 0 N–H and O–H groups in total. The monoisotopic (exact) mass is 793 g/mol. The maximum Gasteiger partial charge on any atom is 0.232 e. The van der Waals surface area contributed by atoms with E-state index in [9.17, 15) is 0 Å². The molecule has 3 heterocycles. The first-order valence-electron chi connectivity index (χ1n) is 15.5. The maximum atomic E-state index is 6.44. The van der Waals surface area contributed by atoms with Gasteiger partial charge in [-0.1, -0.05) is 87.0 Å². The maximum absolute atomic E-state index is 6.44. The fourth-order valence-corrected chi connectivity index (χ4v) is 6.04. The second-order valence-electron chi connectivity index (χ2n) is 12.5. The Bertz CT molecular complexity index is 2210. The fourth-order valence-electron chi connectivity index (χ4n) is 6.04. The molecule has 0 unspecified atom stereocenters. The predicted molar refractivity (Wildman–Crippen MR) is 185 cm³/mol. The minimum atomic E-state index is -0.110. The Kier molecular flexibility index (Phi) is 8.07. The zero-order valence-electron chi connectivity index (χ0n) is 26.3. The molecule has 0 aliphatic carbocycles. The SMILES string of the molecule is CC(C)(C)c1ccnc(-n2c3[c-]c(Oc4[c-]c(N5[CH-]N(Cc6ccccc6)c6ccccc65)ccc4)ccc3c3ccccc32)n1.[Pt]. The van der Waals surface area contributed by atoms with Crippen LogP contribution in [0.4, 0.5) is 17.1 Å². The molecule has 1 aliphatic heterocycles. The van der Waals surface area contributed by atoms with Crippen molar-refractivity contribution in [2.45, 2.75) is 32.7 Å². The number of aromatic nitrogens is 3. The van der Waals surface area contributed by atoms with E-state index in [4.69, 9.17) is 9.72 Å². The van der Waals surface area contributed by atoms with Crippen LogP contribution in [0.25, 0.3) is 27.8 Å². The van der Waals surface area contributed by atoms with Crippen LogP contribution in [0.3, 0.4) is 0 Å². The van der Waals surface area contributed by atoms with Gasteiger partial charge in [0.25, 0.3) is 0 Å². The number of fused-ring (bicyclic) bond motifs is 4. The summed E-state index contributed by atoms with van der Waals surface area (Å²) in [6.45, 7) is 9.39. The van der Waals surface area contributed by atoms with Crippen molar-refractivity contribution in [1.82, 2.24) is 14.5 Å². The Labute approximate surface area is 289 Å². The van der Waals surface area contributed by atoms with Gasteiger partial charge in [-0.15, -0.1) is 41.4 Å². The Hall–Kier alpha value is -4.93. The van der Waals surface area contributed by atoms with Crippen LogP contribution >= 0.6 is 0 Å². The molecule has 7 aromatic rings. The Balaban J connectivity index is 0.00000351. The minimum absolute atomic E-state index is 0. The van der Waals surface area contributed by atoms with Crippen LogP contribution in [0.1, 0.15) is 32.0 Å². The normalized spacial score (nSPS) is 12.7. The molecule has 0 spiro atoms. The van der Waals surface area contributed by atoms with Crippen LogP contribution in [0.5, 0.6) is 11.5 Å². The molecule has 0 bridgehead atoms. The molecule has 0 saturated heterocycles. The summed E-state index contributed by atoms with van der Waals surface area (Å²) in [7, 11) is 0. The molecular weight excluding hydrogens is 762 g/mol. The van der Waals surface area contributed by atoms with Crippen molar-refractivity contribution in [2.24, 2.45) is 0 Å². The quantitative estimate of drug-likeness (QED) is 0.157. The molecule has 0 amide bonds. The molecule has 5 aromatic carbocycles. The van der Waals surface area contributed by atoms with Gasteiger partial charge in [-0.25, -0.2) is 9.97 Å². The molecule has 1 aliphatic rings. The third kappa shape index (κ3) is 5.79. The zero-order valence-corrected chi connectivity index (χ0v) is 28.6. The van der Waals surface area contributed by atoms with Gasteiger partial charge in [0.1, 0.15) is 0 Å². The second kappa shape index (κ2) is 12.3. The van der Waals surface area contributed by atoms with Crippen LogP contribution < -0.4 is 14.5 Å². The predicted octanol–water partition coefficient (Wildman–Crippen LogP) is 9.54. The van der Waals surface area contributed by atoms with Gasteiger partial charge in [0.15, 0.2) is 0 Å². The van der Waals surface area contributed by atoms with Crippen LogP contribution in [0.15, 0.2) is 121 Å². The fraction of sp³-hybridized carbons (Fsp3) is 0.125. The summed E-state index contributed by atoms with van der Waals surface area (Å²) >= 11 is 0. The van der Waals surface area contributed by atoms with Crippen molar-refractivity contribution in [3.05, 3.63) is 152 Å². The van der Waals surface area contributed by atoms with Gasteiger partial charge in [-0.2, -0.15) is 18.8 Å². The molecule has 0 atom stereocenters. The van der Waals surface area contributed by atoms with Crippen molar-refractivity contribution < 1.29 is 25.8 Å². The van der Waals surface area contributed by atoms with Gasteiger partial charge in [0.05, 0.1) is 5.69 Å². The Morgan fingerprint density at radius 3 is 2.30 bits per heavy atom. The summed E-state index contributed by atoms with van der Waals surface area (Å²) in [5.74, 6) is 1.81. The molecule has 47 heavy (non-hydrogen) atoms. The first kappa shape index (κ1) is 30.7. The number of anilines is 3.